The number of nitrogens with one attached hydrogen (secondary N) is 1. The Hall–Kier alpha value is -4.46. The Kier molecular flexibility index (Phi) is 6.25. The van der Waals surface area contributed by atoms with Gasteiger partial charge in [-0.2, -0.15) is 5.10 Å². The molecule has 0 spiro atoms. The number of anilines is 1. The van der Waals surface area contributed by atoms with Gasteiger partial charge >= 0.3 is 0 Å². The summed E-state index contributed by atoms with van der Waals surface area (Å²) < 4.78 is 26.0. The van der Waals surface area contributed by atoms with E-state index in [1.54, 1.807) is 6.92 Å². The predicted octanol–water partition coefficient (Wildman–Crippen LogP) is 5.97. The van der Waals surface area contributed by atoms with Gasteiger partial charge in [-0.1, -0.05) is 47.6 Å². The molecule has 0 bridgehead atoms. The number of aromatic nitrogens is 3. The number of carbonyl (C=O) groups excluding carboxylic acids is 1. The van der Waals surface area contributed by atoms with E-state index in [0.717, 1.165) is 11.3 Å². The Morgan fingerprint density at radius 1 is 1.03 bits per heavy atom. The maximum absolute atomic E-state index is 13.2. The van der Waals surface area contributed by atoms with E-state index in [1.807, 2.05) is 36.7 Å². The maximum Gasteiger partial charge on any atom is 0.278 e. The van der Waals surface area contributed by atoms with Gasteiger partial charge in [-0.3, -0.25) is 9.48 Å². The van der Waals surface area contributed by atoms with E-state index in [4.69, 9.17) is 9.26 Å². The van der Waals surface area contributed by atoms with E-state index in [1.165, 1.54) is 35.0 Å². The molecule has 36 heavy (non-hydrogen) atoms. The molecular weight excluding hydrogens is 459 g/mol. The topological polar surface area (TPSA) is 82.2 Å². The lowest BCUT2D eigenvalue weighted by molar-refractivity contribution is 0.101. The van der Waals surface area contributed by atoms with Crippen molar-refractivity contribution in [3.63, 3.8) is 0 Å². The normalized spacial score (nSPS) is 11.1. The summed E-state index contributed by atoms with van der Waals surface area (Å²) in [7, 11) is 0. The third kappa shape index (κ3) is 4.57. The van der Waals surface area contributed by atoms with E-state index in [-0.39, 0.29) is 18.1 Å². The Labute approximate surface area is 207 Å². The van der Waals surface area contributed by atoms with Crippen LogP contribution in [-0.2, 0) is 13.2 Å². The minimum absolute atomic E-state index is 0.0576. The van der Waals surface area contributed by atoms with Crippen LogP contribution in [0.25, 0.3) is 10.8 Å². The smallest absolute Gasteiger partial charge is 0.278 e. The quantitative estimate of drug-likeness (QED) is 0.308. The lowest BCUT2D eigenvalue weighted by Crippen LogP contribution is -2.16. The molecule has 0 saturated heterocycles. The van der Waals surface area contributed by atoms with Gasteiger partial charge < -0.3 is 14.6 Å². The monoisotopic (exact) mass is 484 g/mol. The minimum atomic E-state index is -0.416. The van der Waals surface area contributed by atoms with Crippen LogP contribution in [0.15, 0.2) is 71.3 Å². The third-order valence-electron chi connectivity index (χ3n) is 6.22. The molecule has 0 unspecified atom stereocenters. The molecule has 1 amide bonds. The highest BCUT2D eigenvalue weighted by Gasteiger charge is 2.23. The van der Waals surface area contributed by atoms with Crippen molar-refractivity contribution in [3.05, 3.63) is 107 Å². The maximum atomic E-state index is 13.2. The van der Waals surface area contributed by atoms with Gasteiger partial charge in [0.15, 0.2) is 5.69 Å². The van der Waals surface area contributed by atoms with Crippen LogP contribution in [0.1, 0.15) is 38.8 Å². The molecule has 7 nitrogen and oxygen atoms in total. The number of rotatable bonds is 7. The van der Waals surface area contributed by atoms with Crippen molar-refractivity contribution in [2.24, 2.45) is 0 Å². The summed E-state index contributed by atoms with van der Waals surface area (Å²) in [6.07, 6.45) is 0. The standard InChI is InChI=1S/C28H25FN4O3/c1-17-26(18(2)33(31-17)15-21-9-6-8-20-7-4-5-10-24(20)21)30-28(34)27-25(19(3)36-32-27)16-35-23-13-11-22(29)12-14-23/h4-14H,15-16H2,1-3H3,(H,30,34). The summed E-state index contributed by atoms with van der Waals surface area (Å²) in [5, 5.41) is 13.9. The summed E-state index contributed by atoms with van der Waals surface area (Å²) in [6.45, 7) is 6.12. The Morgan fingerprint density at radius 2 is 1.78 bits per heavy atom. The molecule has 0 aliphatic rings. The zero-order valence-corrected chi connectivity index (χ0v) is 20.2. The number of halogens is 1. The van der Waals surface area contributed by atoms with Crippen LogP contribution in [0.5, 0.6) is 5.75 Å². The molecule has 8 heteroatoms. The molecule has 0 aliphatic carbocycles. The van der Waals surface area contributed by atoms with Crippen LogP contribution in [0.3, 0.4) is 0 Å². The van der Waals surface area contributed by atoms with Gasteiger partial charge in [-0.15, -0.1) is 0 Å². The summed E-state index contributed by atoms with van der Waals surface area (Å²) >= 11 is 0. The highest BCUT2D eigenvalue weighted by molar-refractivity contribution is 6.04. The van der Waals surface area contributed by atoms with Crippen molar-refractivity contribution in [3.8, 4) is 5.75 Å². The Morgan fingerprint density at radius 3 is 2.58 bits per heavy atom. The van der Waals surface area contributed by atoms with Gasteiger partial charge in [0, 0.05) is 0 Å². The number of nitrogens with zero attached hydrogens (tertiary/aromatic N) is 3. The fourth-order valence-corrected chi connectivity index (χ4v) is 4.22. The van der Waals surface area contributed by atoms with Crippen molar-refractivity contribution in [2.45, 2.75) is 33.9 Å². The van der Waals surface area contributed by atoms with Crippen molar-refractivity contribution in [2.75, 3.05) is 5.32 Å². The largest absolute Gasteiger partial charge is 0.489 e. The van der Waals surface area contributed by atoms with E-state index in [0.29, 0.717) is 35.0 Å². The molecule has 0 aliphatic heterocycles. The molecule has 0 atom stereocenters. The van der Waals surface area contributed by atoms with Gasteiger partial charge in [0.05, 0.1) is 29.2 Å². The highest BCUT2D eigenvalue weighted by Crippen LogP contribution is 2.25. The third-order valence-corrected chi connectivity index (χ3v) is 6.22. The van der Waals surface area contributed by atoms with Crippen molar-refractivity contribution in [1.29, 1.82) is 0 Å². The summed E-state index contributed by atoms with van der Waals surface area (Å²) in [6, 6.07) is 20.1. The first-order valence-electron chi connectivity index (χ1n) is 11.6. The molecule has 182 valence electrons. The molecule has 1 N–H and O–H groups in total. The first-order chi connectivity index (χ1) is 17.4. The van der Waals surface area contributed by atoms with E-state index in [2.05, 4.69) is 39.8 Å². The van der Waals surface area contributed by atoms with Crippen molar-refractivity contribution in [1.82, 2.24) is 14.9 Å². The number of fused-ring (bicyclic) bond motifs is 1. The number of aryl methyl sites for hydroxylation is 2. The highest BCUT2D eigenvalue weighted by atomic mass is 19.1. The first kappa shape index (κ1) is 23.3. The molecule has 0 radical (unpaired) electrons. The van der Waals surface area contributed by atoms with E-state index < -0.39 is 5.91 Å². The Bertz CT molecular complexity index is 1550. The van der Waals surface area contributed by atoms with Crippen LogP contribution in [-0.4, -0.2) is 20.8 Å². The molecule has 5 aromatic rings. The summed E-state index contributed by atoms with van der Waals surface area (Å²) in [5.74, 6) is 0.183. The number of hydrogen-bond acceptors (Lipinski definition) is 5. The van der Waals surface area contributed by atoms with Crippen molar-refractivity contribution >= 4 is 22.4 Å². The molecule has 3 aromatic carbocycles. The number of carbonyl (C=O) groups is 1. The van der Waals surface area contributed by atoms with Gasteiger partial charge in [0.25, 0.3) is 5.91 Å². The second-order valence-corrected chi connectivity index (χ2v) is 8.60. The van der Waals surface area contributed by atoms with Crippen LogP contribution < -0.4 is 10.1 Å². The lowest BCUT2D eigenvalue weighted by atomic mass is 10.0. The van der Waals surface area contributed by atoms with E-state index >= 15 is 0 Å². The second kappa shape index (κ2) is 9.65. The van der Waals surface area contributed by atoms with Crippen LogP contribution in [0, 0.1) is 26.6 Å². The zero-order valence-electron chi connectivity index (χ0n) is 20.2. The average Bonchev–Trinajstić information content (AvgIpc) is 3.38. The molecular formula is C28H25FN4O3. The number of hydrogen-bond donors (Lipinski definition) is 1. The van der Waals surface area contributed by atoms with Gasteiger partial charge in [0.1, 0.15) is 23.9 Å². The SMILES string of the molecule is Cc1nn(Cc2cccc3ccccc23)c(C)c1NC(=O)c1noc(C)c1COc1ccc(F)cc1. The molecule has 2 aromatic heterocycles. The summed E-state index contributed by atoms with van der Waals surface area (Å²) in [4.78, 5) is 13.2. The lowest BCUT2D eigenvalue weighted by Gasteiger charge is -2.10. The molecule has 2 heterocycles. The second-order valence-electron chi connectivity index (χ2n) is 8.60. The summed E-state index contributed by atoms with van der Waals surface area (Å²) in [5.41, 5.74) is 3.96. The van der Waals surface area contributed by atoms with Crippen LogP contribution >= 0.6 is 0 Å². The predicted molar refractivity (Wildman–Crippen MR) is 135 cm³/mol. The fraction of sp³-hybridized carbons (Fsp3) is 0.179. The molecule has 5 rings (SSSR count). The number of ether oxygens (including phenoxy) is 1. The molecule has 0 saturated carbocycles. The van der Waals surface area contributed by atoms with Crippen LogP contribution in [0.2, 0.25) is 0 Å². The average molecular weight is 485 g/mol. The van der Waals surface area contributed by atoms with Gasteiger partial charge in [-0.25, -0.2) is 4.39 Å². The van der Waals surface area contributed by atoms with Gasteiger partial charge in [-0.05, 0) is 61.4 Å². The van der Waals surface area contributed by atoms with Crippen molar-refractivity contribution < 1.29 is 18.4 Å². The zero-order chi connectivity index (χ0) is 25.2. The number of benzene rings is 3. The number of amides is 1. The van der Waals surface area contributed by atoms with Crippen LogP contribution in [0.4, 0.5) is 10.1 Å². The molecule has 0 fully saturated rings. The van der Waals surface area contributed by atoms with Gasteiger partial charge in [0.2, 0.25) is 0 Å². The minimum Gasteiger partial charge on any atom is -0.489 e. The fourth-order valence-electron chi connectivity index (χ4n) is 4.22. The van der Waals surface area contributed by atoms with E-state index in [9.17, 15) is 9.18 Å². The first-order valence-corrected chi connectivity index (χ1v) is 11.6. The Balaban J connectivity index is 1.35.